The SMILES string of the molecule is Clc1ccc(COc2ccc(Br)cc2CNCCC2=CCCCC2)cc1Cl. The van der Waals surface area contributed by atoms with Gasteiger partial charge in [0.25, 0.3) is 0 Å². The van der Waals surface area contributed by atoms with E-state index in [1.165, 1.54) is 25.7 Å². The minimum absolute atomic E-state index is 0.457. The van der Waals surface area contributed by atoms with Crippen LogP contribution in [0.1, 0.15) is 43.2 Å². The molecule has 0 unspecified atom stereocenters. The molecule has 0 amide bonds. The van der Waals surface area contributed by atoms with Crippen molar-refractivity contribution in [2.75, 3.05) is 6.54 Å². The molecule has 2 aromatic carbocycles. The maximum Gasteiger partial charge on any atom is 0.124 e. The summed E-state index contributed by atoms with van der Waals surface area (Å²) in [7, 11) is 0. The van der Waals surface area contributed by atoms with Crippen LogP contribution >= 0.6 is 39.1 Å². The quantitative estimate of drug-likeness (QED) is 0.323. The van der Waals surface area contributed by atoms with Crippen molar-refractivity contribution in [3.05, 3.63) is 73.7 Å². The van der Waals surface area contributed by atoms with Gasteiger partial charge in [-0.05, 0) is 74.5 Å². The molecule has 0 fully saturated rings. The Labute approximate surface area is 180 Å². The molecular formula is C22H24BrCl2NO. The molecule has 5 heteroatoms. The summed E-state index contributed by atoms with van der Waals surface area (Å²) in [6.45, 7) is 2.23. The van der Waals surface area contributed by atoms with Gasteiger partial charge in [-0.25, -0.2) is 0 Å². The Morgan fingerprint density at radius 2 is 1.93 bits per heavy atom. The van der Waals surface area contributed by atoms with Crippen LogP contribution in [0.25, 0.3) is 0 Å². The molecule has 0 aromatic heterocycles. The Kier molecular flexibility index (Phi) is 8.07. The normalized spacial score (nSPS) is 14.1. The zero-order valence-corrected chi connectivity index (χ0v) is 18.3. The molecule has 0 bridgehead atoms. The predicted molar refractivity (Wildman–Crippen MR) is 118 cm³/mol. The van der Waals surface area contributed by atoms with Crippen LogP contribution in [0.15, 0.2) is 52.5 Å². The second-order valence-corrected chi connectivity index (χ2v) is 8.55. The monoisotopic (exact) mass is 467 g/mol. The summed E-state index contributed by atoms with van der Waals surface area (Å²) in [5, 5.41) is 4.66. The van der Waals surface area contributed by atoms with Crippen molar-refractivity contribution in [1.29, 1.82) is 0 Å². The second-order valence-electron chi connectivity index (χ2n) is 6.82. The minimum Gasteiger partial charge on any atom is -0.489 e. The van der Waals surface area contributed by atoms with Crippen LogP contribution in [0.3, 0.4) is 0 Å². The van der Waals surface area contributed by atoms with Gasteiger partial charge in [-0.3, -0.25) is 0 Å². The van der Waals surface area contributed by atoms with Gasteiger partial charge in [-0.2, -0.15) is 0 Å². The standard InChI is InChI=1S/C22H24BrCl2NO/c23-19-7-9-22(27-15-17-6-8-20(24)21(25)12-17)18(13-19)14-26-11-10-16-4-2-1-3-5-16/h4,6-9,12-13,26H,1-3,5,10-11,14-15H2. The summed E-state index contributed by atoms with van der Waals surface area (Å²) >= 11 is 15.6. The zero-order chi connectivity index (χ0) is 19.1. The van der Waals surface area contributed by atoms with E-state index in [0.717, 1.165) is 40.9 Å². The molecule has 1 aliphatic rings. The molecule has 2 aromatic rings. The molecule has 0 spiro atoms. The smallest absolute Gasteiger partial charge is 0.124 e. The van der Waals surface area contributed by atoms with Crippen molar-refractivity contribution < 1.29 is 4.74 Å². The molecule has 0 heterocycles. The van der Waals surface area contributed by atoms with E-state index < -0.39 is 0 Å². The maximum atomic E-state index is 6.09. The number of hydrogen-bond donors (Lipinski definition) is 1. The Bertz CT molecular complexity index is 807. The third-order valence-corrected chi connectivity index (χ3v) is 5.96. The highest BCUT2D eigenvalue weighted by atomic mass is 79.9. The molecule has 0 aliphatic heterocycles. The van der Waals surface area contributed by atoms with E-state index in [-0.39, 0.29) is 0 Å². The fourth-order valence-corrected chi connectivity index (χ4v) is 3.95. The Morgan fingerprint density at radius 3 is 2.70 bits per heavy atom. The summed E-state index contributed by atoms with van der Waals surface area (Å²) in [6, 6.07) is 11.7. The van der Waals surface area contributed by atoms with Crippen molar-refractivity contribution in [2.45, 2.75) is 45.3 Å². The number of allylic oxidation sites excluding steroid dienone is 1. The largest absolute Gasteiger partial charge is 0.489 e. The van der Waals surface area contributed by atoms with Gasteiger partial charge in [0.05, 0.1) is 10.0 Å². The highest BCUT2D eigenvalue weighted by Gasteiger charge is 2.08. The highest BCUT2D eigenvalue weighted by Crippen LogP contribution is 2.26. The van der Waals surface area contributed by atoms with Gasteiger partial charge < -0.3 is 10.1 Å². The van der Waals surface area contributed by atoms with Crippen LogP contribution < -0.4 is 10.1 Å². The highest BCUT2D eigenvalue weighted by molar-refractivity contribution is 9.10. The first-order valence-electron chi connectivity index (χ1n) is 9.35. The van der Waals surface area contributed by atoms with E-state index in [1.54, 1.807) is 11.6 Å². The summed E-state index contributed by atoms with van der Waals surface area (Å²) in [5.41, 5.74) is 3.73. The van der Waals surface area contributed by atoms with Gasteiger partial charge in [0.15, 0.2) is 0 Å². The first-order chi connectivity index (χ1) is 13.1. The van der Waals surface area contributed by atoms with Crippen molar-refractivity contribution in [2.24, 2.45) is 0 Å². The first-order valence-corrected chi connectivity index (χ1v) is 10.9. The molecule has 3 rings (SSSR count). The predicted octanol–water partition coefficient (Wildman–Crippen LogP) is 7.32. The van der Waals surface area contributed by atoms with Gasteiger partial charge in [0, 0.05) is 16.6 Å². The van der Waals surface area contributed by atoms with E-state index in [4.69, 9.17) is 27.9 Å². The van der Waals surface area contributed by atoms with Gasteiger partial charge in [-0.1, -0.05) is 56.8 Å². The van der Waals surface area contributed by atoms with Crippen molar-refractivity contribution in [3.8, 4) is 5.75 Å². The van der Waals surface area contributed by atoms with Crippen LogP contribution in [-0.2, 0) is 13.2 Å². The molecule has 0 saturated heterocycles. The number of rotatable bonds is 8. The molecule has 0 saturated carbocycles. The van der Waals surface area contributed by atoms with Gasteiger partial charge in [0.2, 0.25) is 0 Å². The molecule has 2 nitrogen and oxygen atoms in total. The van der Waals surface area contributed by atoms with E-state index in [9.17, 15) is 0 Å². The number of hydrogen-bond acceptors (Lipinski definition) is 2. The topological polar surface area (TPSA) is 21.3 Å². The van der Waals surface area contributed by atoms with Crippen molar-refractivity contribution in [1.82, 2.24) is 5.32 Å². The van der Waals surface area contributed by atoms with E-state index in [1.807, 2.05) is 24.3 Å². The third-order valence-electron chi connectivity index (χ3n) is 4.72. The van der Waals surface area contributed by atoms with Crippen LogP contribution in [0, 0.1) is 0 Å². The Morgan fingerprint density at radius 1 is 1.04 bits per heavy atom. The summed E-state index contributed by atoms with van der Waals surface area (Å²) in [5.74, 6) is 0.883. The lowest BCUT2D eigenvalue weighted by Crippen LogP contribution is -2.16. The van der Waals surface area contributed by atoms with Gasteiger partial charge in [-0.15, -0.1) is 0 Å². The Hall–Kier alpha value is -1.00. The number of nitrogens with one attached hydrogen (secondary N) is 1. The van der Waals surface area contributed by atoms with E-state index in [0.29, 0.717) is 16.7 Å². The molecule has 1 aliphatic carbocycles. The molecule has 0 radical (unpaired) electrons. The van der Waals surface area contributed by atoms with Gasteiger partial charge >= 0.3 is 0 Å². The average Bonchev–Trinajstić information content (AvgIpc) is 2.68. The maximum absolute atomic E-state index is 6.09. The summed E-state index contributed by atoms with van der Waals surface area (Å²) in [6.07, 6.45) is 8.73. The molecular weight excluding hydrogens is 445 g/mol. The fraction of sp³-hybridized carbons (Fsp3) is 0.364. The van der Waals surface area contributed by atoms with Crippen molar-refractivity contribution in [3.63, 3.8) is 0 Å². The summed E-state index contributed by atoms with van der Waals surface area (Å²) < 4.78 is 7.10. The van der Waals surface area contributed by atoms with Gasteiger partial charge in [0.1, 0.15) is 12.4 Å². The number of benzene rings is 2. The zero-order valence-electron chi connectivity index (χ0n) is 15.2. The summed E-state index contributed by atoms with van der Waals surface area (Å²) in [4.78, 5) is 0. The molecule has 0 atom stereocenters. The van der Waals surface area contributed by atoms with Crippen LogP contribution in [0.2, 0.25) is 10.0 Å². The fourth-order valence-electron chi connectivity index (χ4n) is 3.22. The molecule has 1 N–H and O–H groups in total. The van der Waals surface area contributed by atoms with Crippen molar-refractivity contribution >= 4 is 39.1 Å². The third kappa shape index (κ3) is 6.53. The van der Waals surface area contributed by atoms with E-state index in [2.05, 4.69) is 33.4 Å². The first kappa shape index (κ1) is 20.7. The Balaban J connectivity index is 1.55. The minimum atomic E-state index is 0.457. The average molecular weight is 469 g/mol. The number of ether oxygens (including phenoxy) is 1. The lowest BCUT2D eigenvalue weighted by molar-refractivity contribution is 0.302. The van der Waals surface area contributed by atoms with Crippen LogP contribution in [-0.4, -0.2) is 6.54 Å². The van der Waals surface area contributed by atoms with Crippen LogP contribution in [0.5, 0.6) is 5.75 Å². The van der Waals surface area contributed by atoms with E-state index >= 15 is 0 Å². The lowest BCUT2D eigenvalue weighted by atomic mass is 9.97. The number of halogens is 3. The molecule has 27 heavy (non-hydrogen) atoms. The molecule has 144 valence electrons. The second kappa shape index (κ2) is 10.5. The lowest BCUT2D eigenvalue weighted by Gasteiger charge is -2.15. The van der Waals surface area contributed by atoms with Crippen LogP contribution in [0.4, 0.5) is 0 Å².